The van der Waals surface area contributed by atoms with Crippen LogP contribution in [0, 0.1) is 0 Å². The number of hydrogen-bond acceptors (Lipinski definition) is 1. The number of benzene rings is 1. The molecule has 0 amide bonds. The summed E-state index contributed by atoms with van der Waals surface area (Å²) in [5, 5.41) is 9.90. The van der Waals surface area contributed by atoms with Crippen molar-refractivity contribution in [3.05, 3.63) is 54.6 Å². The Labute approximate surface area is 104 Å². The Balaban J connectivity index is 2.69. The summed E-state index contributed by atoms with van der Waals surface area (Å²) >= 11 is 0. The summed E-state index contributed by atoms with van der Waals surface area (Å²) in [5.41, 5.74) is 2.38. The Morgan fingerprint density at radius 2 is 1.65 bits per heavy atom. The molecular formula is C16H22O. The van der Waals surface area contributed by atoms with Gasteiger partial charge in [-0.1, -0.05) is 24.3 Å². The molecule has 1 rings (SSSR count). The molecule has 0 heterocycles. The van der Waals surface area contributed by atoms with Gasteiger partial charge in [-0.3, -0.25) is 0 Å². The third-order valence-corrected chi connectivity index (χ3v) is 2.94. The number of unbranched alkanes of at least 4 members (excludes halogenated alkanes) is 2. The van der Waals surface area contributed by atoms with E-state index in [9.17, 15) is 5.11 Å². The first-order valence-electron chi connectivity index (χ1n) is 6.31. The van der Waals surface area contributed by atoms with Gasteiger partial charge in [0.05, 0.1) is 0 Å². The van der Waals surface area contributed by atoms with Crippen molar-refractivity contribution in [3.8, 4) is 5.75 Å². The van der Waals surface area contributed by atoms with Gasteiger partial charge in [0.2, 0.25) is 0 Å². The molecule has 0 saturated carbocycles. The van der Waals surface area contributed by atoms with Crippen molar-refractivity contribution in [3.63, 3.8) is 0 Å². The van der Waals surface area contributed by atoms with Gasteiger partial charge in [0.15, 0.2) is 0 Å². The Morgan fingerprint density at radius 3 is 2.29 bits per heavy atom. The molecule has 0 radical (unpaired) electrons. The summed E-state index contributed by atoms with van der Waals surface area (Å²) in [4.78, 5) is 0. The SMILES string of the molecule is C=CCCCc1cccc(O)c1CCCC=C. The molecule has 0 unspecified atom stereocenters. The van der Waals surface area contributed by atoms with E-state index in [0.717, 1.165) is 44.1 Å². The van der Waals surface area contributed by atoms with Crippen molar-refractivity contribution in [2.45, 2.75) is 38.5 Å². The van der Waals surface area contributed by atoms with E-state index >= 15 is 0 Å². The quantitative estimate of drug-likeness (QED) is 0.518. The molecule has 1 aromatic rings. The molecule has 0 aromatic heterocycles. The van der Waals surface area contributed by atoms with Crippen LogP contribution in [-0.4, -0.2) is 5.11 Å². The fourth-order valence-corrected chi connectivity index (χ4v) is 2.00. The van der Waals surface area contributed by atoms with Crippen LogP contribution >= 0.6 is 0 Å². The van der Waals surface area contributed by atoms with Crippen molar-refractivity contribution in [1.29, 1.82) is 0 Å². The first-order chi connectivity index (χ1) is 8.29. The topological polar surface area (TPSA) is 20.2 Å². The Kier molecular flexibility index (Phi) is 6.16. The van der Waals surface area contributed by atoms with Crippen LogP contribution in [0.3, 0.4) is 0 Å². The number of rotatable bonds is 8. The first kappa shape index (κ1) is 13.6. The lowest BCUT2D eigenvalue weighted by Crippen LogP contribution is -1.95. The van der Waals surface area contributed by atoms with Crippen molar-refractivity contribution in [2.75, 3.05) is 0 Å². The van der Waals surface area contributed by atoms with Gasteiger partial charge in [0.25, 0.3) is 0 Å². The highest BCUT2D eigenvalue weighted by molar-refractivity contribution is 5.39. The van der Waals surface area contributed by atoms with Gasteiger partial charge < -0.3 is 5.11 Å². The minimum Gasteiger partial charge on any atom is -0.508 e. The van der Waals surface area contributed by atoms with Crippen molar-refractivity contribution in [1.82, 2.24) is 0 Å². The largest absolute Gasteiger partial charge is 0.508 e. The van der Waals surface area contributed by atoms with Gasteiger partial charge in [-0.25, -0.2) is 0 Å². The number of allylic oxidation sites excluding steroid dienone is 2. The zero-order valence-corrected chi connectivity index (χ0v) is 10.5. The van der Waals surface area contributed by atoms with Crippen LogP contribution < -0.4 is 0 Å². The average Bonchev–Trinajstić information content (AvgIpc) is 2.33. The monoisotopic (exact) mass is 230 g/mol. The third kappa shape index (κ3) is 4.48. The predicted octanol–water partition coefficient (Wildman–Crippen LogP) is 4.41. The predicted molar refractivity (Wildman–Crippen MR) is 74.4 cm³/mol. The molecule has 1 nitrogen and oxygen atoms in total. The summed E-state index contributed by atoms with van der Waals surface area (Å²) in [6.07, 6.45) is 10.0. The number of hydrogen-bond donors (Lipinski definition) is 1. The van der Waals surface area contributed by atoms with Gasteiger partial charge in [0.1, 0.15) is 5.75 Å². The molecule has 0 aliphatic rings. The molecule has 1 N–H and O–H groups in total. The highest BCUT2D eigenvalue weighted by atomic mass is 16.3. The summed E-state index contributed by atoms with van der Waals surface area (Å²) in [6.45, 7) is 7.46. The molecule has 0 atom stereocenters. The van der Waals surface area contributed by atoms with Crippen LogP contribution in [0.5, 0.6) is 5.75 Å². The van der Waals surface area contributed by atoms with Crippen molar-refractivity contribution in [2.24, 2.45) is 0 Å². The lowest BCUT2D eigenvalue weighted by Gasteiger charge is -2.10. The van der Waals surface area contributed by atoms with Crippen LogP contribution in [0.15, 0.2) is 43.5 Å². The van der Waals surface area contributed by atoms with E-state index in [2.05, 4.69) is 19.2 Å². The third-order valence-electron chi connectivity index (χ3n) is 2.94. The molecule has 0 bridgehead atoms. The van der Waals surface area contributed by atoms with Gasteiger partial charge >= 0.3 is 0 Å². The van der Waals surface area contributed by atoms with E-state index in [0.29, 0.717) is 5.75 Å². The Morgan fingerprint density at radius 1 is 1.00 bits per heavy atom. The van der Waals surface area contributed by atoms with E-state index < -0.39 is 0 Å². The van der Waals surface area contributed by atoms with Crippen molar-refractivity contribution < 1.29 is 5.11 Å². The van der Waals surface area contributed by atoms with Crippen LogP contribution in [0.1, 0.15) is 36.8 Å². The maximum Gasteiger partial charge on any atom is 0.119 e. The van der Waals surface area contributed by atoms with Crippen LogP contribution in [-0.2, 0) is 12.8 Å². The molecule has 0 spiro atoms. The van der Waals surface area contributed by atoms with Gasteiger partial charge in [0, 0.05) is 0 Å². The maximum atomic E-state index is 9.90. The summed E-state index contributed by atoms with van der Waals surface area (Å²) < 4.78 is 0. The van der Waals surface area contributed by atoms with Gasteiger partial charge in [-0.05, 0) is 55.7 Å². The summed E-state index contributed by atoms with van der Waals surface area (Å²) in [5.74, 6) is 0.435. The van der Waals surface area contributed by atoms with Gasteiger partial charge in [-0.15, -0.1) is 13.2 Å². The van der Waals surface area contributed by atoms with E-state index in [1.165, 1.54) is 5.56 Å². The molecule has 92 valence electrons. The number of phenolic OH excluding ortho intramolecular Hbond substituents is 1. The smallest absolute Gasteiger partial charge is 0.119 e. The molecule has 1 aromatic carbocycles. The summed E-state index contributed by atoms with van der Waals surface area (Å²) in [6, 6.07) is 5.82. The second kappa shape index (κ2) is 7.72. The molecule has 0 aliphatic carbocycles. The molecule has 17 heavy (non-hydrogen) atoms. The standard InChI is InChI=1S/C16H22O/c1-3-5-7-10-14-11-9-13-16(17)15(14)12-8-6-4-2/h3-4,9,11,13,17H,1-2,5-8,10,12H2. The second-order valence-corrected chi connectivity index (χ2v) is 4.28. The lowest BCUT2D eigenvalue weighted by atomic mass is 9.97. The fourth-order valence-electron chi connectivity index (χ4n) is 2.00. The second-order valence-electron chi connectivity index (χ2n) is 4.28. The zero-order valence-electron chi connectivity index (χ0n) is 10.5. The van der Waals surface area contributed by atoms with Gasteiger partial charge in [-0.2, -0.15) is 0 Å². The molecule has 0 aliphatic heterocycles. The molecule has 1 heteroatoms. The molecule has 0 fully saturated rings. The Hall–Kier alpha value is -1.50. The zero-order chi connectivity index (χ0) is 12.5. The number of aromatic hydroxyl groups is 1. The van der Waals surface area contributed by atoms with Crippen LogP contribution in [0.4, 0.5) is 0 Å². The molecular weight excluding hydrogens is 208 g/mol. The van der Waals surface area contributed by atoms with E-state index in [1.54, 1.807) is 6.07 Å². The summed E-state index contributed by atoms with van der Waals surface area (Å²) in [7, 11) is 0. The average molecular weight is 230 g/mol. The van der Waals surface area contributed by atoms with E-state index in [-0.39, 0.29) is 0 Å². The van der Waals surface area contributed by atoms with Crippen LogP contribution in [0.25, 0.3) is 0 Å². The maximum absolute atomic E-state index is 9.90. The Bertz CT molecular complexity index is 366. The first-order valence-corrected chi connectivity index (χ1v) is 6.31. The highest BCUT2D eigenvalue weighted by Gasteiger charge is 2.06. The fraction of sp³-hybridized carbons (Fsp3) is 0.375. The normalized spacial score (nSPS) is 10.1. The van der Waals surface area contributed by atoms with E-state index in [1.807, 2.05) is 18.2 Å². The minimum atomic E-state index is 0.435. The lowest BCUT2D eigenvalue weighted by molar-refractivity contribution is 0.465. The van der Waals surface area contributed by atoms with Crippen molar-refractivity contribution >= 4 is 0 Å². The van der Waals surface area contributed by atoms with Crippen LogP contribution in [0.2, 0.25) is 0 Å². The number of phenols is 1. The number of aryl methyl sites for hydroxylation is 1. The molecule has 0 saturated heterocycles. The highest BCUT2D eigenvalue weighted by Crippen LogP contribution is 2.24. The van der Waals surface area contributed by atoms with E-state index in [4.69, 9.17) is 0 Å². The minimum absolute atomic E-state index is 0.435.